The van der Waals surface area contributed by atoms with Crippen molar-refractivity contribution in [1.29, 1.82) is 0 Å². The molecule has 3 aliphatic heterocycles. The lowest BCUT2D eigenvalue weighted by molar-refractivity contribution is 0.0217. The van der Waals surface area contributed by atoms with Crippen LogP contribution in [0.2, 0.25) is 0 Å². The molecule has 2 aromatic rings. The third-order valence-corrected chi connectivity index (χ3v) is 6.64. The topological polar surface area (TPSA) is 52.6 Å². The number of carbonyl (C=O) groups excluding carboxylic acids is 1. The van der Waals surface area contributed by atoms with Crippen molar-refractivity contribution in [3.05, 3.63) is 54.1 Å². The molecule has 2 atom stereocenters. The number of benzene rings is 2. The number of carbonyl (C=O) groups is 1. The van der Waals surface area contributed by atoms with E-state index in [0.717, 1.165) is 9.79 Å². The predicted molar refractivity (Wildman–Crippen MR) is 104 cm³/mol. The van der Waals surface area contributed by atoms with Crippen LogP contribution in [0.5, 0.6) is 5.75 Å². The normalized spacial score (nSPS) is 27.3. The Morgan fingerprint density at radius 2 is 1.85 bits per heavy atom. The van der Waals surface area contributed by atoms with Gasteiger partial charge in [-0.2, -0.15) is 0 Å². The molecule has 3 heterocycles. The van der Waals surface area contributed by atoms with Crippen LogP contribution in [0.1, 0.15) is 30.1 Å². The number of fused-ring (bicyclic) bond motifs is 3. The zero-order chi connectivity index (χ0) is 18.1. The summed E-state index contributed by atoms with van der Waals surface area (Å²) in [6, 6.07) is 15.5. The number of hydrogen-bond acceptors (Lipinski definition) is 4. The molecule has 2 aromatic carbocycles. The molecular formula is C21H24N2O2S. The number of piperidine rings is 3. The molecule has 136 valence electrons. The van der Waals surface area contributed by atoms with E-state index in [9.17, 15) is 9.90 Å². The number of aromatic hydroxyl groups is 1. The zero-order valence-electron chi connectivity index (χ0n) is 14.9. The minimum Gasteiger partial charge on any atom is -0.508 e. The number of rotatable bonds is 4. The van der Waals surface area contributed by atoms with Crippen LogP contribution in [0.15, 0.2) is 58.3 Å². The molecule has 2 N–H and O–H groups in total. The van der Waals surface area contributed by atoms with Gasteiger partial charge >= 0.3 is 0 Å². The highest BCUT2D eigenvalue weighted by molar-refractivity contribution is 7.99. The second-order valence-corrected chi connectivity index (χ2v) is 8.38. The van der Waals surface area contributed by atoms with Crippen LogP contribution in [0.4, 0.5) is 0 Å². The second kappa shape index (κ2) is 7.33. The lowest BCUT2D eigenvalue weighted by atomic mass is 9.79. The van der Waals surface area contributed by atoms with E-state index in [1.165, 1.54) is 25.9 Å². The standard InChI is InChI=1S/C21H24N2O2S/c1-14-20(15-9-11-23(14)12-10-15)22-21(25)16-5-7-18(8-6-16)26-19-4-2-3-17(24)13-19/h2-8,13-15,20,24H,9-12H2,1H3,(H,22,25). The fraction of sp³-hybridized carbons (Fsp3) is 0.381. The number of nitrogens with one attached hydrogen (secondary N) is 1. The number of hydrogen-bond donors (Lipinski definition) is 2. The summed E-state index contributed by atoms with van der Waals surface area (Å²) < 4.78 is 0. The van der Waals surface area contributed by atoms with E-state index < -0.39 is 0 Å². The Hall–Kier alpha value is -1.98. The van der Waals surface area contributed by atoms with Gasteiger partial charge in [-0.1, -0.05) is 17.8 Å². The van der Waals surface area contributed by atoms with Crippen molar-refractivity contribution in [2.75, 3.05) is 13.1 Å². The van der Waals surface area contributed by atoms with E-state index >= 15 is 0 Å². The maximum Gasteiger partial charge on any atom is 0.251 e. The monoisotopic (exact) mass is 368 g/mol. The molecule has 3 aliphatic rings. The van der Waals surface area contributed by atoms with E-state index in [2.05, 4.69) is 17.1 Å². The Morgan fingerprint density at radius 1 is 1.12 bits per heavy atom. The van der Waals surface area contributed by atoms with E-state index in [1.54, 1.807) is 23.9 Å². The molecule has 5 heteroatoms. The number of phenols is 1. The quantitative estimate of drug-likeness (QED) is 0.863. The SMILES string of the molecule is CC1C(NC(=O)c2ccc(Sc3cccc(O)c3)cc2)C2CCN1CC2. The van der Waals surface area contributed by atoms with Crippen LogP contribution in [-0.4, -0.2) is 41.1 Å². The fourth-order valence-corrected chi connectivity index (χ4v) is 5.01. The third kappa shape index (κ3) is 3.60. The number of phenolic OH excluding ortho intramolecular Hbond substituents is 1. The Labute approximate surface area is 158 Å². The van der Waals surface area contributed by atoms with Crippen molar-refractivity contribution < 1.29 is 9.90 Å². The van der Waals surface area contributed by atoms with Gasteiger partial charge in [0.2, 0.25) is 0 Å². The van der Waals surface area contributed by atoms with Crippen LogP contribution < -0.4 is 5.32 Å². The maximum absolute atomic E-state index is 12.7. The van der Waals surface area contributed by atoms with Gasteiger partial charge in [-0.15, -0.1) is 0 Å². The molecule has 5 rings (SSSR count). The molecule has 0 radical (unpaired) electrons. The van der Waals surface area contributed by atoms with Gasteiger partial charge < -0.3 is 10.4 Å². The molecular weight excluding hydrogens is 344 g/mol. The first-order valence-corrected chi connectivity index (χ1v) is 10.0. The largest absolute Gasteiger partial charge is 0.508 e. The van der Waals surface area contributed by atoms with Gasteiger partial charge in [0, 0.05) is 27.4 Å². The second-order valence-electron chi connectivity index (χ2n) is 7.24. The van der Waals surface area contributed by atoms with E-state index in [1.807, 2.05) is 36.4 Å². The Morgan fingerprint density at radius 3 is 2.50 bits per heavy atom. The molecule has 0 aromatic heterocycles. The van der Waals surface area contributed by atoms with Crippen molar-refractivity contribution in [1.82, 2.24) is 10.2 Å². The Balaban J connectivity index is 1.41. The third-order valence-electron chi connectivity index (χ3n) is 5.65. The molecule has 4 nitrogen and oxygen atoms in total. The molecule has 0 spiro atoms. The highest BCUT2D eigenvalue weighted by Gasteiger charge is 2.40. The van der Waals surface area contributed by atoms with Gasteiger partial charge in [-0.3, -0.25) is 9.69 Å². The lowest BCUT2D eigenvalue weighted by Gasteiger charge is -2.49. The van der Waals surface area contributed by atoms with Gasteiger partial charge in [-0.05, 0) is 81.2 Å². The summed E-state index contributed by atoms with van der Waals surface area (Å²) in [4.78, 5) is 17.2. The average molecular weight is 369 g/mol. The van der Waals surface area contributed by atoms with Gasteiger partial charge in [-0.25, -0.2) is 0 Å². The number of amides is 1. The molecule has 3 saturated heterocycles. The van der Waals surface area contributed by atoms with Crippen molar-refractivity contribution in [3.8, 4) is 5.75 Å². The van der Waals surface area contributed by atoms with Crippen LogP contribution in [0.25, 0.3) is 0 Å². The summed E-state index contributed by atoms with van der Waals surface area (Å²) in [5.74, 6) is 0.890. The zero-order valence-corrected chi connectivity index (χ0v) is 15.7. The number of nitrogens with zero attached hydrogens (tertiary/aromatic N) is 1. The summed E-state index contributed by atoms with van der Waals surface area (Å²) in [5.41, 5.74) is 0.703. The van der Waals surface area contributed by atoms with Gasteiger partial charge in [0.15, 0.2) is 0 Å². The highest BCUT2D eigenvalue weighted by atomic mass is 32.2. The maximum atomic E-state index is 12.7. The first-order valence-electron chi connectivity index (χ1n) is 9.22. The van der Waals surface area contributed by atoms with Crippen LogP contribution in [0, 0.1) is 5.92 Å². The fourth-order valence-electron chi connectivity index (χ4n) is 4.14. The summed E-state index contributed by atoms with van der Waals surface area (Å²) in [7, 11) is 0. The summed E-state index contributed by atoms with van der Waals surface area (Å²) in [6.07, 6.45) is 2.38. The molecule has 0 aliphatic carbocycles. The average Bonchev–Trinajstić information content (AvgIpc) is 2.65. The Kier molecular flexibility index (Phi) is 4.92. The van der Waals surface area contributed by atoms with E-state index in [0.29, 0.717) is 17.5 Å². The van der Waals surface area contributed by atoms with Crippen molar-refractivity contribution in [3.63, 3.8) is 0 Å². The van der Waals surface area contributed by atoms with Crippen LogP contribution in [-0.2, 0) is 0 Å². The lowest BCUT2D eigenvalue weighted by Crippen LogP contribution is -2.62. The Bertz CT molecular complexity index is 783. The first-order chi connectivity index (χ1) is 12.6. The first kappa shape index (κ1) is 17.4. The molecule has 1 amide bonds. The highest BCUT2D eigenvalue weighted by Crippen LogP contribution is 2.33. The predicted octanol–water partition coefficient (Wildman–Crippen LogP) is 3.76. The van der Waals surface area contributed by atoms with Gasteiger partial charge in [0.25, 0.3) is 5.91 Å². The minimum atomic E-state index is 0.0181. The summed E-state index contributed by atoms with van der Waals surface area (Å²) in [6.45, 7) is 4.56. The van der Waals surface area contributed by atoms with E-state index in [-0.39, 0.29) is 17.7 Å². The van der Waals surface area contributed by atoms with E-state index in [4.69, 9.17) is 0 Å². The van der Waals surface area contributed by atoms with Crippen molar-refractivity contribution in [2.24, 2.45) is 5.92 Å². The van der Waals surface area contributed by atoms with Gasteiger partial charge in [0.05, 0.1) is 0 Å². The smallest absolute Gasteiger partial charge is 0.251 e. The summed E-state index contributed by atoms with van der Waals surface area (Å²) >= 11 is 1.57. The molecule has 0 saturated carbocycles. The van der Waals surface area contributed by atoms with Crippen molar-refractivity contribution >= 4 is 17.7 Å². The molecule has 2 bridgehead atoms. The molecule has 3 fully saturated rings. The van der Waals surface area contributed by atoms with Crippen molar-refractivity contribution in [2.45, 2.75) is 41.6 Å². The summed E-state index contributed by atoms with van der Waals surface area (Å²) in [5, 5.41) is 12.8. The van der Waals surface area contributed by atoms with Crippen LogP contribution in [0.3, 0.4) is 0 Å². The van der Waals surface area contributed by atoms with Crippen LogP contribution >= 0.6 is 11.8 Å². The molecule has 26 heavy (non-hydrogen) atoms. The van der Waals surface area contributed by atoms with Gasteiger partial charge in [0.1, 0.15) is 5.75 Å². The molecule has 2 unspecified atom stereocenters. The minimum absolute atomic E-state index is 0.0181.